The van der Waals surface area contributed by atoms with E-state index in [1.165, 1.54) is 29.8 Å². The fourth-order valence-electron chi connectivity index (χ4n) is 4.36. The van der Waals surface area contributed by atoms with Crippen molar-refractivity contribution in [1.29, 1.82) is 0 Å². The second kappa shape index (κ2) is 14.8. The van der Waals surface area contributed by atoms with Gasteiger partial charge in [-0.3, -0.25) is 9.36 Å². The predicted molar refractivity (Wildman–Crippen MR) is 155 cm³/mol. The Labute approximate surface area is 244 Å². The van der Waals surface area contributed by atoms with E-state index in [0.717, 1.165) is 60.0 Å². The van der Waals surface area contributed by atoms with Gasteiger partial charge in [0.15, 0.2) is 5.65 Å². The van der Waals surface area contributed by atoms with Crippen molar-refractivity contribution in [2.75, 3.05) is 31.5 Å². The minimum atomic E-state index is -1.26. The van der Waals surface area contributed by atoms with E-state index in [1.807, 2.05) is 22.1 Å². The SMILES string of the molecule is O=C(NCCN1CCC(Nc2nc3cncnc3n2Cc2ccc(F)cc2)CC1)c1cccs1.O=C(O)/C=C/C(=O)O. The molecule has 0 spiro atoms. The first-order valence-corrected chi connectivity index (χ1v) is 14.0. The lowest BCUT2D eigenvalue weighted by Crippen LogP contribution is -2.42. The van der Waals surface area contributed by atoms with Crippen LogP contribution >= 0.6 is 11.3 Å². The van der Waals surface area contributed by atoms with Crippen molar-refractivity contribution >= 4 is 46.3 Å². The van der Waals surface area contributed by atoms with Gasteiger partial charge in [0.25, 0.3) is 5.91 Å². The van der Waals surface area contributed by atoms with Crippen LogP contribution in [-0.4, -0.2) is 84.7 Å². The molecule has 3 aromatic heterocycles. The fourth-order valence-corrected chi connectivity index (χ4v) is 5.00. The average Bonchev–Trinajstić information content (AvgIpc) is 3.63. The van der Waals surface area contributed by atoms with Crippen molar-refractivity contribution in [1.82, 2.24) is 29.7 Å². The number of imidazole rings is 1. The van der Waals surface area contributed by atoms with Gasteiger partial charge in [-0.25, -0.2) is 28.9 Å². The summed E-state index contributed by atoms with van der Waals surface area (Å²) in [5.74, 6) is -2.02. The molecule has 0 unspecified atom stereocenters. The van der Waals surface area contributed by atoms with Gasteiger partial charge < -0.3 is 25.7 Å². The Hall–Kier alpha value is -4.69. The zero-order valence-corrected chi connectivity index (χ0v) is 23.3. The number of amides is 1. The monoisotopic (exact) mass is 595 g/mol. The number of nitrogens with zero attached hydrogens (tertiary/aromatic N) is 5. The predicted octanol–water partition coefficient (Wildman–Crippen LogP) is 3.09. The van der Waals surface area contributed by atoms with E-state index in [0.29, 0.717) is 25.2 Å². The highest BCUT2D eigenvalue weighted by molar-refractivity contribution is 7.12. The molecule has 0 saturated carbocycles. The van der Waals surface area contributed by atoms with Crippen LogP contribution in [0.2, 0.25) is 0 Å². The zero-order valence-electron chi connectivity index (χ0n) is 22.5. The van der Waals surface area contributed by atoms with Gasteiger partial charge in [0.1, 0.15) is 17.7 Å². The lowest BCUT2D eigenvalue weighted by atomic mass is 10.1. The molecule has 4 N–H and O–H groups in total. The summed E-state index contributed by atoms with van der Waals surface area (Å²) in [6, 6.07) is 10.5. The molecule has 1 aromatic carbocycles. The van der Waals surface area contributed by atoms with E-state index in [-0.39, 0.29) is 17.8 Å². The lowest BCUT2D eigenvalue weighted by molar-refractivity contribution is -0.134. The van der Waals surface area contributed by atoms with Crippen LogP contribution in [0.3, 0.4) is 0 Å². The van der Waals surface area contributed by atoms with Crippen molar-refractivity contribution in [3.63, 3.8) is 0 Å². The summed E-state index contributed by atoms with van der Waals surface area (Å²) in [5, 5.41) is 24.1. The maximum absolute atomic E-state index is 13.3. The number of carboxylic acids is 2. The number of anilines is 1. The number of hydrogen-bond donors (Lipinski definition) is 4. The summed E-state index contributed by atoms with van der Waals surface area (Å²) in [5.41, 5.74) is 2.45. The molecule has 42 heavy (non-hydrogen) atoms. The first-order valence-electron chi connectivity index (χ1n) is 13.1. The van der Waals surface area contributed by atoms with E-state index in [4.69, 9.17) is 15.2 Å². The molecule has 12 nitrogen and oxygen atoms in total. The number of piperidine rings is 1. The highest BCUT2D eigenvalue weighted by Gasteiger charge is 2.22. The Morgan fingerprint density at radius 3 is 2.43 bits per heavy atom. The van der Waals surface area contributed by atoms with E-state index in [1.54, 1.807) is 18.3 Å². The zero-order chi connectivity index (χ0) is 29.9. The number of carbonyl (C=O) groups excluding carboxylic acids is 1. The van der Waals surface area contributed by atoms with Crippen molar-refractivity contribution in [2.45, 2.75) is 25.4 Å². The molecular formula is C28H30FN7O5S. The van der Waals surface area contributed by atoms with Crippen LogP contribution in [0.5, 0.6) is 0 Å². The summed E-state index contributed by atoms with van der Waals surface area (Å²) in [6.07, 6.45) is 6.30. The molecule has 220 valence electrons. The van der Waals surface area contributed by atoms with E-state index in [9.17, 15) is 18.8 Å². The number of rotatable bonds is 10. The molecule has 0 bridgehead atoms. The van der Waals surface area contributed by atoms with Gasteiger partial charge >= 0.3 is 11.9 Å². The number of aromatic nitrogens is 4. The number of likely N-dealkylation sites (tertiary alicyclic amines) is 1. The minimum Gasteiger partial charge on any atom is -0.478 e. The largest absolute Gasteiger partial charge is 0.478 e. The van der Waals surface area contributed by atoms with E-state index < -0.39 is 11.9 Å². The van der Waals surface area contributed by atoms with Crippen LogP contribution in [0, 0.1) is 5.82 Å². The maximum atomic E-state index is 13.3. The van der Waals surface area contributed by atoms with Gasteiger partial charge in [0.2, 0.25) is 5.95 Å². The van der Waals surface area contributed by atoms with Crippen LogP contribution in [0.4, 0.5) is 10.3 Å². The Bertz CT molecular complexity index is 1500. The number of aliphatic carboxylic acids is 2. The number of nitrogens with one attached hydrogen (secondary N) is 2. The Morgan fingerprint density at radius 1 is 1.07 bits per heavy atom. The smallest absolute Gasteiger partial charge is 0.328 e. The van der Waals surface area contributed by atoms with Crippen molar-refractivity contribution in [3.05, 3.63) is 82.7 Å². The molecule has 1 saturated heterocycles. The van der Waals surface area contributed by atoms with Gasteiger partial charge in [-0.2, -0.15) is 0 Å². The Balaban J connectivity index is 0.000000446. The highest BCUT2D eigenvalue weighted by atomic mass is 32.1. The molecule has 0 atom stereocenters. The number of thiophene rings is 1. The third kappa shape index (κ3) is 8.91. The highest BCUT2D eigenvalue weighted by Crippen LogP contribution is 2.22. The normalized spacial score (nSPS) is 13.9. The molecule has 1 aliphatic heterocycles. The Kier molecular flexibility index (Phi) is 10.7. The van der Waals surface area contributed by atoms with Crippen molar-refractivity contribution in [2.24, 2.45) is 0 Å². The number of fused-ring (bicyclic) bond motifs is 1. The Morgan fingerprint density at radius 2 is 1.79 bits per heavy atom. The first-order chi connectivity index (χ1) is 20.3. The molecule has 4 aromatic rings. The van der Waals surface area contributed by atoms with Crippen LogP contribution < -0.4 is 10.6 Å². The second-order valence-electron chi connectivity index (χ2n) is 9.38. The summed E-state index contributed by atoms with van der Waals surface area (Å²) in [7, 11) is 0. The molecule has 1 aliphatic rings. The van der Waals surface area contributed by atoms with E-state index >= 15 is 0 Å². The molecular weight excluding hydrogens is 565 g/mol. The number of halogens is 1. The van der Waals surface area contributed by atoms with Gasteiger partial charge in [0.05, 0.1) is 17.6 Å². The van der Waals surface area contributed by atoms with Crippen LogP contribution in [0.25, 0.3) is 11.2 Å². The molecule has 4 heterocycles. The van der Waals surface area contributed by atoms with Crippen LogP contribution in [-0.2, 0) is 16.1 Å². The molecule has 5 rings (SSSR count). The molecule has 14 heteroatoms. The quantitative estimate of drug-likeness (QED) is 0.200. The standard InChI is InChI=1S/C24H26FN7OS.C4H4O4/c25-18-5-3-17(4-6-18)15-32-22-20(14-26-16-28-22)30-24(32)29-19-7-10-31(11-8-19)12-9-27-23(33)21-2-1-13-34-21;5-3(6)1-2-4(7)8/h1-6,13-14,16,19H,7-12,15H2,(H,27,33)(H,29,30);1-2H,(H,5,6)(H,7,8)/b;2-1+. The third-order valence-electron chi connectivity index (χ3n) is 6.41. The van der Waals surface area contributed by atoms with Gasteiger partial charge in [-0.1, -0.05) is 18.2 Å². The van der Waals surface area contributed by atoms with Crippen molar-refractivity contribution in [3.8, 4) is 0 Å². The summed E-state index contributed by atoms with van der Waals surface area (Å²) in [6.45, 7) is 3.91. The number of benzene rings is 1. The lowest BCUT2D eigenvalue weighted by Gasteiger charge is -2.32. The topological polar surface area (TPSA) is 163 Å². The van der Waals surface area contributed by atoms with Crippen LogP contribution in [0.15, 0.2) is 66.5 Å². The fraction of sp³-hybridized carbons (Fsp3) is 0.286. The molecule has 0 radical (unpaired) electrons. The molecule has 1 fully saturated rings. The van der Waals surface area contributed by atoms with Gasteiger partial charge in [-0.05, 0) is 42.0 Å². The average molecular weight is 596 g/mol. The van der Waals surface area contributed by atoms with Gasteiger partial charge in [-0.15, -0.1) is 11.3 Å². The number of carboxylic acid groups (broad SMARTS) is 2. The number of carbonyl (C=O) groups is 3. The number of hydrogen-bond acceptors (Lipinski definition) is 9. The third-order valence-corrected chi connectivity index (χ3v) is 7.28. The summed E-state index contributed by atoms with van der Waals surface area (Å²) < 4.78 is 15.4. The van der Waals surface area contributed by atoms with Crippen LogP contribution in [0.1, 0.15) is 28.1 Å². The minimum absolute atomic E-state index is 0.00490. The second-order valence-corrected chi connectivity index (χ2v) is 10.3. The molecule has 0 aliphatic carbocycles. The van der Waals surface area contributed by atoms with Crippen molar-refractivity contribution < 1.29 is 29.0 Å². The first kappa shape index (κ1) is 30.3. The van der Waals surface area contributed by atoms with Gasteiger partial charge in [0, 0.05) is 44.4 Å². The van der Waals surface area contributed by atoms with E-state index in [2.05, 4.69) is 25.5 Å². The maximum Gasteiger partial charge on any atom is 0.328 e. The summed E-state index contributed by atoms with van der Waals surface area (Å²) in [4.78, 5) is 47.6. The molecule has 1 amide bonds. The summed E-state index contributed by atoms with van der Waals surface area (Å²) >= 11 is 1.45.